The van der Waals surface area contributed by atoms with Gasteiger partial charge in [0.25, 0.3) is 0 Å². The molecule has 1 N–H and O–H groups in total. The summed E-state index contributed by atoms with van der Waals surface area (Å²) in [5.41, 5.74) is 0.904. The number of carbonyl (C=O) groups excluding carboxylic acids is 2. The monoisotopic (exact) mass is 305 g/mol. The predicted octanol–water partition coefficient (Wildman–Crippen LogP) is 3.67. The van der Waals surface area contributed by atoms with Gasteiger partial charge in [-0.1, -0.05) is 37.6 Å². The normalized spacial score (nSPS) is 31.5. The molecular formula is C17H20ClNO2. The molecule has 1 aromatic carbocycles. The van der Waals surface area contributed by atoms with Gasteiger partial charge >= 0.3 is 0 Å². The van der Waals surface area contributed by atoms with Crippen molar-refractivity contribution in [1.29, 1.82) is 0 Å². The third kappa shape index (κ3) is 2.59. The van der Waals surface area contributed by atoms with Crippen molar-refractivity contribution in [1.82, 2.24) is 5.32 Å². The highest BCUT2D eigenvalue weighted by atomic mass is 35.5. The van der Waals surface area contributed by atoms with E-state index in [0.717, 1.165) is 24.8 Å². The lowest BCUT2D eigenvalue weighted by Gasteiger charge is -2.41. The summed E-state index contributed by atoms with van der Waals surface area (Å²) in [4.78, 5) is 24.4. The van der Waals surface area contributed by atoms with Gasteiger partial charge < -0.3 is 0 Å². The van der Waals surface area contributed by atoms with Crippen LogP contribution in [0.5, 0.6) is 0 Å². The number of imide groups is 1. The van der Waals surface area contributed by atoms with Gasteiger partial charge in [0.15, 0.2) is 0 Å². The zero-order chi connectivity index (χ0) is 15.3. The number of rotatable bonds is 1. The van der Waals surface area contributed by atoms with Gasteiger partial charge in [0, 0.05) is 11.4 Å². The molecule has 2 aliphatic rings. The Morgan fingerprint density at radius 1 is 1.14 bits per heavy atom. The fourth-order valence-corrected chi connectivity index (χ4v) is 4.35. The molecule has 1 aliphatic carbocycles. The van der Waals surface area contributed by atoms with Crippen LogP contribution in [-0.2, 0) is 9.59 Å². The highest BCUT2D eigenvalue weighted by molar-refractivity contribution is 6.30. The van der Waals surface area contributed by atoms with Crippen molar-refractivity contribution in [3.05, 3.63) is 34.9 Å². The summed E-state index contributed by atoms with van der Waals surface area (Å²) in [5.74, 6) is -0.552. The van der Waals surface area contributed by atoms with Crippen LogP contribution in [0, 0.1) is 10.8 Å². The number of hydrogen-bond donors (Lipinski definition) is 1. The summed E-state index contributed by atoms with van der Waals surface area (Å²) >= 11 is 5.95. The number of piperidine rings is 1. The smallest absolute Gasteiger partial charge is 0.234 e. The number of halogens is 1. The minimum Gasteiger partial charge on any atom is -0.296 e. The minimum absolute atomic E-state index is 0.136. The average Bonchev–Trinajstić information content (AvgIpc) is 2.66. The summed E-state index contributed by atoms with van der Waals surface area (Å²) in [6, 6.07) is 7.45. The minimum atomic E-state index is -0.255. The Bertz CT molecular complexity index is 593. The lowest BCUT2D eigenvalue weighted by Crippen LogP contribution is -2.50. The van der Waals surface area contributed by atoms with Crippen molar-refractivity contribution in [2.24, 2.45) is 10.8 Å². The second kappa shape index (κ2) is 4.84. The number of amides is 2. The van der Waals surface area contributed by atoms with E-state index in [4.69, 9.17) is 11.6 Å². The summed E-state index contributed by atoms with van der Waals surface area (Å²) in [6.07, 6.45) is 3.33. The van der Waals surface area contributed by atoms with Crippen molar-refractivity contribution in [3.8, 4) is 0 Å². The molecule has 112 valence electrons. The highest BCUT2D eigenvalue weighted by Gasteiger charge is 2.54. The molecule has 1 heterocycles. The van der Waals surface area contributed by atoms with E-state index < -0.39 is 0 Å². The molecule has 21 heavy (non-hydrogen) atoms. The highest BCUT2D eigenvalue weighted by Crippen LogP contribution is 2.58. The second-order valence-electron chi connectivity index (χ2n) is 7.28. The molecule has 4 heteroatoms. The topological polar surface area (TPSA) is 46.2 Å². The molecule has 2 atom stereocenters. The quantitative estimate of drug-likeness (QED) is 0.805. The molecule has 1 aliphatic heterocycles. The van der Waals surface area contributed by atoms with E-state index in [1.54, 1.807) is 0 Å². The molecule has 0 aromatic heterocycles. The van der Waals surface area contributed by atoms with Crippen LogP contribution in [0.1, 0.15) is 51.0 Å². The van der Waals surface area contributed by atoms with Gasteiger partial charge in [0.2, 0.25) is 11.8 Å². The van der Waals surface area contributed by atoms with Gasteiger partial charge in [-0.3, -0.25) is 14.9 Å². The van der Waals surface area contributed by atoms with Crippen molar-refractivity contribution >= 4 is 23.4 Å². The van der Waals surface area contributed by atoms with Crippen LogP contribution in [0.25, 0.3) is 0 Å². The van der Waals surface area contributed by atoms with Gasteiger partial charge in [-0.05, 0) is 47.8 Å². The Balaban J connectivity index is 2.03. The van der Waals surface area contributed by atoms with E-state index in [0.29, 0.717) is 11.4 Å². The van der Waals surface area contributed by atoms with Crippen molar-refractivity contribution in [3.63, 3.8) is 0 Å². The van der Waals surface area contributed by atoms with Gasteiger partial charge in [-0.2, -0.15) is 0 Å². The van der Waals surface area contributed by atoms with Crippen LogP contribution >= 0.6 is 11.6 Å². The van der Waals surface area contributed by atoms with Crippen LogP contribution in [-0.4, -0.2) is 11.8 Å². The molecule has 2 fully saturated rings. The summed E-state index contributed by atoms with van der Waals surface area (Å²) in [6.45, 7) is 4.44. The van der Waals surface area contributed by atoms with Crippen LogP contribution in [0.4, 0.5) is 0 Å². The predicted molar refractivity (Wildman–Crippen MR) is 82.0 cm³/mol. The third-order valence-electron chi connectivity index (χ3n) is 4.98. The first-order valence-electron chi connectivity index (χ1n) is 7.41. The van der Waals surface area contributed by atoms with Crippen LogP contribution in [0.15, 0.2) is 24.3 Å². The number of benzene rings is 1. The number of nitrogens with one attached hydrogen (secondary N) is 1. The van der Waals surface area contributed by atoms with Crippen LogP contribution in [0.2, 0.25) is 5.02 Å². The molecular weight excluding hydrogens is 286 g/mol. The lowest BCUT2D eigenvalue weighted by molar-refractivity contribution is -0.140. The van der Waals surface area contributed by atoms with Crippen molar-refractivity contribution in [2.45, 2.75) is 45.4 Å². The fourth-order valence-electron chi connectivity index (χ4n) is 4.23. The maximum atomic E-state index is 12.5. The molecule has 2 amide bonds. The van der Waals surface area contributed by atoms with Gasteiger partial charge in [-0.15, -0.1) is 0 Å². The Kier molecular flexibility index (Phi) is 3.36. The van der Waals surface area contributed by atoms with Gasteiger partial charge in [0.05, 0.1) is 5.92 Å². The first kappa shape index (κ1) is 14.6. The molecule has 3 nitrogen and oxygen atoms in total. The van der Waals surface area contributed by atoms with Gasteiger partial charge in [-0.25, -0.2) is 0 Å². The lowest BCUT2D eigenvalue weighted by atomic mass is 9.65. The first-order valence-corrected chi connectivity index (χ1v) is 7.78. The Hall–Kier alpha value is -1.35. The van der Waals surface area contributed by atoms with Gasteiger partial charge in [0.1, 0.15) is 0 Å². The molecule has 1 saturated heterocycles. The Morgan fingerprint density at radius 2 is 1.81 bits per heavy atom. The number of carbonyl (C=O) groups is 2. The Labute approximate surface area is 130 Å². The van der Waals surface area contributed by atoms with Crippen LogP contribution in [0.3, 0.4) is 0 Å². The standard InChI is InChI=1S/C17H20ClNO2/c1-16(2)7-8-17(10-16)9-13(20)19-15(21)14(17)11-3-5-12(18)6-4-11/h3-6,14H,7-10H2,1-2H3,(H,19,20,21). The summed E-state index contributed by atoms with van der Waals surface area (Å²) < 4.78 is 0. The third-order valence-corrected chi connectivity index (χ3v) is 5.24. The molecule has 1 spiro atoms. The number of hydrogen-bond acceptors (Lipinski definition) is 2. The second-order valence-corrected chi connectivity index (χ2v) is 7.71. The molecule has 2 unspecified atom stereocenters. The largest absolute Gasteiger partial charge is 0.296 e. The maximum absolute atomic E-state index is 12.5. The molecule has 0 bridgehead atoms. The fraction of sp³-hybridized carbons (Fsp3) is 0.529. The zero-order valence-electron chi connectivity index (χ0n) is 12.4. The van der Waals surface area contributed by atoms with E-state index in [1.807, 2.05) is 24.3 Å². The molecule has 0 radical (unpaired) electrons. The van der Waals surface area contributed by atoms with E-state index in [9.17, 15) is 9.59 Å². The summed E-state index contributed by atoms with van der Waals surface area (Å²) in [5, 5.41) is 3.17. The van der Waals surface area contributed by atoms with Crippen molar-refractivity contribution < 1.29 is 9.59 Å². The zero-order valence-corrected chi connectivity index (χ0v) is 13.2. The van der Waals surface area contributed by atoms with E-state index in [2.05, 4.69) is 19.2 Å². The van der Waals surface area contributed by atoms with E-state index in [1.165, 1.54) is 0 Å². The first-order chi connectivity index (χ1) is 9.81. The van der Waals surface area contributed by atoms with Crippen molar-refractivity contribution in [2.75, 3.05) is 0 Å². The van der Waals surface area contributed by atoms with Crippen LogP contribution < -0.4 is 5.32 Å². The average molecular weight is 306 g/mol. The van der Waals surface area contributed by atoms with E-state index in [-0.39, 0.29) is 28.6 Å². The van der Waals surface area contributed by atoms with E-state index >= 15 is 0 Å². The molecule has 1 aromatic rings. The summed E-state index contributed by atoms with van der Waals surface area (Å²) in [7, 11) is 0. The maximum Gasteiger partial charge on any atom is 0.234 e. The molecule has 1 saturated carbocycles. The Morgan fingerprint density at radius 3 is 2.38 bits per heavy atom. The SMILES string of the molecule is CC1(C)CCC2(CC(=O)NC(=O)C2c2ccc(Cl)cc2)C1. The molecule has 3 rings (SSSR count).